The zero-order valence-corrected chi connectivity index (χ0v) is 10.9. The Bertz CT molecular complexity index is 728. The minimum Gasteiger partial charge on any atom is -0.370 e. The largest absolute Gasteiger partial charge is 0.370 e. The molecule has 0 saturated heterocycles. The Hall–Kier alpha value is -2.87. The van der Waals surface area contributed by atoms with Crippen LogP contribution in [-0.4, -0.2) is 21.8 Å². The van der Waals surface area contributed by atoms with Crippen molar-refractivity contribution >= 4 is 11.8 Å². The monoisotopic (exact) mass is 285 g/mol. The molecule has 0 fully saturated rings. The molecule has 106 valence electrons. The van der Waals surface area contributed by atoms with Crippen LogP contribution in [0.3, 0.4) is 0 Å². The molecule has 5 N–H and O–H groups in total. The zero-order valence-electron chi connectivity index (χ0n) is 10.9. The lowest BCUT2D eigenvalue weighted by Gasteiger charge is -2.27. The molecule has 1 aliphatic rings. The molecule has 0 aliphatic carbocycles. The van der Waals surface area contributed by atoms with Crippen molar-refractivity contribution in [3.05, 3.63) is 59.9 Å². The Labute approximate surface area is 119 Å². The summed E-state index contributed by atoms with van der Waals surface area (Å²) < 4.78 is 13.3. The van der Waals surface area contributed by atoms with Crippen molar-refractivity contribution in [2.75, 3.05) is 0 Å². The molecule has 0 saturated carbocycles. The van der Waals surface area contributed by atoms with Crippen molar-refractivity contribution in [1.82, 2.24) is 15.3 Å². The molecule has 0 radical (unpaired) electrons. The first kappa shape index (κ1) is 13.1. The summed E-state index contributed by atoms with van der Waals surface area (Å²) in [7, 11) is 0. The molecule has 7 nitrogen and oxygen atoms in total. The first-order chi connectivity index (χ1) is 10.1. The number of nitrogens with one attached hydrogen (secondary N) is 1. The van der Waals surface area contributed by atoms with Gasteiger partial charge in [0.15, 0.2) is 11.8 Å². The Morgan fingerprint density at radius 1 is 1.19 bits per heavy atom. The van der Waals surface area contributed by atoms with Crippen LogP contribution < -0.4 is 16.8 Å². The SMILES string of the molecule is NC1=NC(N)(c2cncc(F)c2)N=C(c2ccccn2)N1. The number of nitrogens with two attached hydrogens (primary N) is 2. The fraction of sp³-hybridized carbons (Fsp3) is 0.0769. The highest BCUT2D eigenvalue weighted by molar-refractivity contribution is 6.08. The van der Waals surface area contributed by atoms with Gasteiger partial charge >= 0.3 is 0 Å². The number of guanidine groups is 1. The number of nitrogens with zero attached hydrogens (tertiary/aromatic N) is 4. The fourth-order valence-corrected chi connectivity index (χ4v) is 1.92. The van der Waals surface area contributed by atoms with E-state index in [9.17, 15) is 4.39 Å². The van der Waals surface area contributed by atoms with Gasteiger partial charge in [-0.05, 0) is 18.2 Å². The van der Waals surface area contributed by atoms with E-state index in [1.807, 2.05) is 0 Å². The van der Waals surface area contributed by atoms with Gasteiger partial charge in [0.05, 0.1) is 6.20 Å². The standard InChI is InChI=1S/C13H12FN7/c14-9-5-8(6-17-7-9)13(16)20-11(19-12(15)21-13)10-3-1-2-4-18-10/h1-7H,16H2,(H3,15,19,20,21). The topological polar surface area (TPSA) is 115 Å². The van der Waals surface area contributed by atoms with Crippen LogP contribution >= 0.6 is 0 Å². The second kappa shape index (κ2) is 4.91. The summed E-state index contributed by atoms with van der Waals surface area (Å²) in [5.74, 6) is -1.65. The molecular weight excluding hydrogens is 273 g/mol. The molecule has 0 amide bonds. The van der Waals surface area contributed by atoms with Gasteiger partial charge in [0.2, 0.25) is 5.79 Å². The minimum absolute atomic E-state index is 0.0671. The van der Waals surface area contributed by atoms with Crippen molar-refractivity contribution in [1.29, 1.82) is 0 Å². The maximum atomic E-state index is 13.3. The van der Waals surface area contributed by atoms with Crippen molar-refractivity contribution in [3.63, 3.8) is 0 Å². The van der Waals surface area contributed by atoms with Gasteiger partial charge < -0.3 is 11.1 Å². The van der Waals surface area contributed by atoms with Crippen LogP contribution in [0.25, 0.3) is 0 Å². The van der Waals surface area contributed by atoms with E-state index < -0.39 is 11.6 Å². The van der Waals surface area contributed by atoms with E-state index in [0.29, 0.717) is 17.1 Å². The summed E-state index contributed by atoms with van der Waals surface area (Å²) >= 11 is 0. The van der Waals surface area contributed by atoms with E-state index in [-0.39, 0.29) is 5.96 Å². The lowest BCUT2D eigenvalue weighted by atomic mass is 10.1. The van der Waals surface area contributed by atoms with Crippen molar-refractivity contribution in [2.24, 2.45) is 21.5 Å². The molecule has 3 rings (SSSR count). The number of aromatic nitrogens is 2. The predicted octanol–water partition coefficient (Wildman–Crippen LogP) is 0.0494. The van der Waals surface area contributed by atoms with Crippen LogP contribution in [-0.2, 0) is 5.79 Å². The van der Waals surface area contributed by atoms with E-state index >= 15 is 0 Å². The summed E-state index contributed by atoms with van der Waals surface area (Å²) in [5.41, 5.74) is 12.7. The second-order valence-electron chi connectivity index (χ2n) is 4.42. The highest BCUT2D eigenvalue weighted by Gasteiger charge is 2.32. The van der Waals surface area contributed by atoms with E-state index in [2.05, 4.69) is 25.3 Å². The number of rotatable bonds is 2. The number of hydrogen-bond donors (Lipinski definition) is 3. The lowest BCUT2D eigenvalue weighted by Crippen LogP contribution is -2.49. The van der Waals surface area contributed by atoms with Crippen molar-refractivity contribution in [2.45, 2.75) is 5.79 Å². The minimum atomic E-state index is -1.54. The summed E-state index contributed by atoms with van der Waals surface area (Å²) in [6, 6.07) is 6.54. The maximum Gasteiger partial charge on any atom is 0.236 e. The molecule has 0 spiro atoms. The van der Waals surface area contributed by atoms with Crippen LogP contribution in [0.15, 0.2) is 52.8 Å². The Kier molecular flexibility index (Phi) is 3.07. The average molecular weight is 285 g/mol. The Morgan fingerprint density at radius 3 is 2.76 bits per heavy atom. The molecule has 21 heavy (non-hydrogen) atoms. The van der Waals surface area contributed by atoms with Gasteiger partial charge in [-0.25, -0.2) is 14.4 Å². The number of hydrogen-bond acceptors (Lipinski definition) is 7. The molecular formula is C13H12FN7. The van der Waals surface area contributed by atoms with E-state index in [1.54, 1.807) is 24.4 Å². The second-order valence-corrected chi connectivity index (χ2v) is 4.42. The first-order valence-corrected chi connectivity index (χ1v) is 6.10. The Morgan fingerprint density at radius 2 is 2.05 bits per heavy atom. The predicted molar refractivity (Wildman–Crippen MR) is 75.6 cm³/mol. The third kappa shape index (κ3) is 2.56. The zero-order chi connectivity index (χ0) is 14.9. The molecule has 0 aromatic carbocycles. The Balaban J connectivity index is 2.08. The molecule has 2 aromatic heterocycles. The van der Waals surface area contributed by atoms with Gasteiger partial charge in [0.1, 0.15) is 11.5 Å². The molecule has 3 heterocycles. The molecule has 1 aliphatic heterocycles. The highest BCUT2D eigenvalue weighted by Crippen LogP contribution is 2.24. The quantitative estimate of drug-likeness (QED) is 0.721. The summed E-state index contributed by atoms with van der Waals surface area (Å²) in [5, 5.41) is 2.79. The fourth-order valence-electron chi connectivity index (χ4n) is 1.92. The third-order valence-electron chi connectivity index (χ3n) is 2.86. The van der Waals surface area contributed by atoms with Crippen LogP contribution in [0.2, 0.25) is 0 Å². The summed E-state index contributed by atoms with van der Waals surface area (Å²) in [4.78, 5) is 16.3. The smallest absolute Gasteiger partial charge is 0.236 e. The van der Waals surface area contributed by atoms with Gasteiger partial charge in [0, 0.05) is 18.0 Å². The third-order valence-corrected chi connectivity index (χ3v) is 2.86. The number of pyridine rings is 2. The molecule has 1 atom stereocenters. The van der Waals surface area contributed by atoms with E-state index in [4.69, 9.17) is 11.5 Å². The van der Waals surface area contributed by atoms with Gasteiger partial charge in [-0.2, -0.15) is 0 Å². The molecule has 2 aromatic rings. The van der Waals surface area contributed by atoms with Crippen LogP contribution in [0.1, 0.15) is 11.3 Å². The number of aliphatic imine (C=N–C) groups is 2. The van der Waals surface area contributed by atoms with Gasteiger partial charge in [-0.1, -0.05) is 6.07 Å². The van der Waals surface area contributed by atoms with E-state index in [0.717, 1.165) is 6.20 Å². The lowest BCUT2D eigenvalue weighted by molar-refractivity contribution is 0.478. The molecule has 1 unspecified atom stereocenters. The highest BCUT2D eigenvalue weighted by atomic mass is 19.1. The number of amidine groups is 1. The average Bonchev–Trinajstić information content (AvgIpc) is 2.47. The van der Waals surface area contributed by atoms with Crippen LogP contribution in [0, 0.1) is 5.82 Å². The van der Waals surface area contributed by atoms with Crippen molar-refractivity contribution < 1.29 is 4.39 Å². The first-order valence-electron chi connectivity index (χ1n) is 6.10. The normalized spacial score (nSPS) is 21.2. The molecule has 8 heteroatoms. The summed E-state index contributed by atoms with van der Waals surface area (Å²) in [6.45, 7) is 0. The van der Waals surface area contributed by atoms with Crippen LogP contribution in [0.4, 0.5) is 4.39 Å². The molecule has 0 bridgehead atoms. The summed E-state index contributed by atoms with van der Waals surface area (Å²) in [6.07, 6.45) is 4.08. The van der Waals surface area contributed by atoms with Gasteiger partial charge in [0.25, 0.3) is 0 Å². The van der Waals surface area contributed by atoms with Crippen LogP contribution in [0.5, 0.6) is 0 Å². The van der Waals surface area contributed by atoms with Gasteiger partial charge in [-0.15, -0.1) is 0 Å². The van der Waals surface area contributed by atoms with Crippen molar-refractivity contribution in [3.8, 4) is 0 Å². The van der Waals surface area contributed by atoms with Gasteiger partial charge in [-0.3, -0.25) is 15.7 Å². The van der Waals surface area contributed by atoms with E-state index in [1.165, 1.54) is 12.3 Å². The number of halogens is 1. The maximum absolute atomic E-state index is 13.3.